The molecule has 2 rings (SSSR count). The van der Waals surface area contributed by atoms with Gasteiger partial charge >= 0.3 is 0 Å². The van der Waals surface area contributed by atoms with Gasteiger partial charge in [-0.2, -0.15) is 0 Å². The maximum absolute atomic E-state index is 11.9. The van der Waals surface area contributed by atoms with Gasteiger partial charge in [0.1, 0.15) is 19.0 Å². The third-order valence-electron chi connectivity index (χ3n) is 3.65. The van der Waals surface area contributed by atoms with Gasteiger partial charge in [-0.1, -0.05) is 37.3 Å². The van der Waals surface area contributed by atoms with Gasteiger partial charge in [-0.15, -0.1) is 0 Å². The van der Waals surface area contributed by atoms with E-state index in [1.165, 1.54) is 0 Å². The van der Waals surface area contributed by atoms with E-state index >= 15 is 0 Å². The highest BCUT2D eigenvalue weighted by Gasteiger charge is 2.04. The maximum Gasteiger partial charge on any atom is 0.246 e. The molecule has 2 amide bonds. The van der Waals surface area contributed by atoms with E-state index in [2.05, 4.69) is 10.6 Å². The zero-order valence-electron chi connectivity index (χ0n) is 15.6. The lowest BCUT2D eigenvalue weighted by atomic mass is 10.2. The highest BCUT2D eigenvalue weighted by Crippen LogP contribution is 2.11. The van der Waals surface area contributed by atoms with E-state index in [1.54, 1.807) is 0 Å². The van der Waals surface area contributed by atoms with Crippen LogP contribution in [-0.2, 0) is 20.9 Å². The molecular formula is C21H26N2O4. The molecule has 27 heavy (non-hydrogen) atoms. The monoisotopic (exact) mass is 370 g/mol. The van der Waals surface area contributed by atoms with Gasteiger partial charge in [-0.05, 0) is 36.2 Å². The van der Waals surface area contributed by atoms with E-state index in [9.17, 15) is 9.59 Å². The molecule has 0 aliphatic heterocycles. The van der Waals surface area contributed by atoms with E-state index in [0.717, 1.165) is 23.4 Å². The van der Waals surface area contributed by atoms with Gasteiger partial charge in [0.2, 0.25) is 11.8 Å². The summed E-state index contributed by atoms with van der Waals surface area (Å²) in [5, 5.41) is 5.64. The fourth-order valence-electron chi connectivity index (χ4n) is 2.36. The van der Waals surface area contributed by atoms with Gasteiger partial charge < -0.3 is 20.1 Å². The summed E-state index contributed by atoms with van der Waals surface area (Å²) >= 11 is 0. The molecule has 0 heterocycles. The lowest BCUT2D eigenvalue weighted by molar-refractivity contribution is -0.126. The summed E-state index contributed by atoms with van der Waals surface area (Å²) < 4.78 is 10.8. The molecular weight excluding hydrogens is 344 g/mol. The maximum atomic E-state index is 11.9. The number of hydrogen-bond acceptors (Lipinski definition) is 4. The topological polar surface area (TPSA) is 76.7 Å². The van der Waals surface area contributed by atoms with Crippen molar-refractivity contribution in [3.05, 3.63) is 60.2 Å². The molecule has 0 atom stereocenters. The van der Waals surface area contributed by atoms with Crippen LogP contribution in [0.1, 0.15) is 25.3 Å². The Morgan fingerprint density at radius 3 is 2.56 bits per heavy atom. The zero-order chi connectivity index (χ0) is 19.3. The van der Waals surface area contributed by atoms with Crippen molar-refractivity contribution in [1.82, 2.24) is 5.32 Å². The minimum absolute atomic E-state index is 0.00944. The first kappa shape index (κ1) is 20.5. The minimum Gasteiger partial charge on any atom is -0.491 e. The molecule has 2 aromatic rings. The number of amides is 2. The largest absolute Gasteiger partial charge is 0.491 e. The SMILES string of the molecule is CCCC(=O)Nc1cccc(CNC(=O)COCCOc2ccccc2)c1. The summed E-state index contributed by atoms with van der Waals surface area (Å²) in [6.45, 7) is 3.03. The Morgan fingerprint density at radius 1 is 0.963 bits per heavy atom. The van der Waals surface area contributed by atoms with Gasteiger partial charge in [0.15, 0.2) is 0 Å². The number of benzene rings is 2. The predicted octanol–water partition coefficient (Wildman–Crippen LogP) is 3.14. The van der Waals surface area contributed by atoms with E-state index in [4.69, 9.17) is 9.47 Å². The number of carbonyl (C=O) groups excluding carboxylic acids is 2. The van der Waals surface area contributed by atoms with Crippen LogP contribution in [0.5, 0.6) is 5.75 Å². The first-order valence-corrected chi connectivity index (χ1v) is 9.08. The Kier molecular flexibility index (Phi) is 8.86. The van der Waals surface area contributed by atoms with Gasteiger partial charge in [-0.25, -0.2) is 0 Å². The van der Waals surface area contributed by atoms with E-state index in [0.29, 0.717) is 26.2 Å². The van der Waals surface area contributed by atoms with Gasteiger partial charge in [0.05, 0.1) is 6.61 Å². The zero-order valence-corrected chi connectivity index (χ0v) is 15.6. The summed E-state index contributed by atoms with van der Waals surface area (Å²) in [6.07, 6.45) is 1.30. The normalized spacial score (nSPS) is 10.3. The van der Waals surface area contributed by atoms with E-state index < -0.39 is 0 Å². The number of carbonyl (C=O) groups is 2. The Labute approximate surface area is 159 Å². The van der Waals surface area contributed by atoms with Crippen LogP contribution in [0.4, 0.5) is 5.69 Å². The second-order valence-electron chi connectivity index (χ2n) is 5.99. The lowest BCUT2D eigenvalue weighted by Gasteiger charge is -2.09. The average molecular weight is 370 g/mol. The quantitative estimate of drug-likeness (QED) is 0.596. The van der Waals surface area contributed by atoms with Crippen LogP contribution in [0.25, 0.3) is 0 Å². The number of para-hydroxylation sites is 1. The van der Waals surface area contributed by atoms with Gasteiger partial charge in [-0.3, -0.25) is 9.59 Å². The van der Waals surface area contributed by atoms with Gasteiger partial charge in [0, 0.05) is 18.7 Å². The van der Waals surface area contributed by atoms with Crippen molar-refractivity contribution in [2.45, 2.75) is 26.3 Å². The molecule has 0 radical (unpaired) electrons. The van der Waals surface area contributed by atoms with Gasteiger partial charge in [0.25, 0.3) is 0 Å². The molecule has 6 heteroatoms. The highest BCUT2D eigenvalue weighted by molar-refractivity contribution is 5.90. The summed E-state index contributed by atoms with van der Waals surface area (Å²) in [5.41, 5.74) is 1.64. The van der Waals surface area contributed by atoms with Crippen LogP contribution in [0.2, 0.25) is 0 Å². The Balaban J connectivity index is 1.63. The third kappa shape index (κ3) is 8.37. The summed E-state index contributed by atoms with van der Waals surface area (Å²) in [5.74, 6) is 0.566. The van der Waals surface area contributed by atoms with Crippen LogP contribution in [0, 0.1) is 0 Å². The minimum atomic E-state index is -0.199. The Hall–Kier alpha value is -2.86. The summed E-state index contributed by atoms with van der Waals surface area (Å²) in [6, 6.07) is 16.9. The van der Waals surface area contributed by atoms with E-state index in [1.807, 2.05) is 61.5 Å². The molecule has 0 fully saturated rings. The molecule has 0 aliphatic rings. The highest BCUT2D eigenvalue weighted by atomic mass is 16.5. The molecule has 144 valence electrons. The van der Waals surface area contributed by atoms with Crippen molar-refractivity contribution < 1.29 is 19.1 Å². The number of anilines is 1. The fraction of sp³-hybridized carbons (Fsp3) is 0.333. The standard InChI is InChI=1S/C21H26N2O4/c1-2-7-20(24)23-18-9-6-8-17(14-18)15-22-21(25)16-26-12-13-27-19-10-4-3-5-11-19/h3-6,8-11,14H,2,7,12-13,15-16H2,1H3,(H,22,25)(H,23,24). The van der Waals surface area contributed by atoms with Crippen molar-refractivity contribution in [2.75, 3.05) is 25.1 Å². The smallest absolute Gasteiger partial charge is 0.246 e. The van der Waals surface area contributed by atoms with Crippen molar-refractivity contribution >= 4 is 17.5 Å². The Bertz CT molecular complexity index is 719. The van der Waals surface area contributed by atoms with Crippen molar-refractivity contribution in [1.29, 1.82) is 0 Å². The number of hydrogen-bond donors (Lipinski definition) is 2. The number of rotatable bonds is 11. The molecule has 0 saturated heterocycles. The first-order valence-electron chi connectivity index (χ1n) is 9.08. The predicted molar refractivity (Wildman–Crippen MR) is 105 cm³/mol. The summed E-state index contributed by atoms with van der Waals surface area (Å²) in [4.78, 5) is 23.5. The third-order valence-corrected chi connectivity index (χ3v) is 3.65. The van der Waals surface area contributed by atoms with Crippen molar-refractivity contribution in [2.24, 2.45) is 0 Å². The average Bonchev–Trinajstić information content (AvgIpc) is 2.67. The molecule has 0 saturated carbocycles. The molecule has 0 bridgehead atoms. The van der Waals surface area contributed by atoms with Crippen LogP contribution in [0.15, 0.2) is 54.6 Å². The molecule has 0 aromatic heterocycles. The van der Waals surface area contributed by atoms with E-state index in [-0.39, 0.29) is 18.4 Å². The number of nitrogens with one attached hydrogen (secondary N) is 2. The molecule has 0 aliphatic carbocycles. The first-order chi connectivity index (χ1) is 13.2. The van der Waals surface area contributed by atoms with Crippen LogP contribution >= 0.6 is 0 Å². The lowest BCUT2D eigenvalue weighted by Crippen LogP contribution is -2.28. The molecule has 0 spiro atoms. The van der Waals surface area contributed by atoms with Crippen LogP contribution < -0.4 is 15.4 Å². The number of ether oxygens (including phenoxy) is 2. The molecule has 6 nitrogen and oxygen atoms in total. The van der Waals surface area contributed by atoms with Crippen molar-refractivity contribution in [3.8, 4) is 5.75 Å². The van der Waals surface area contributed by atoms with Crippen LogP contribution in [0.3, 0.4) is 0 Å². The molecule has 0 unspecified atom stereocenters. The molecule has 2 N–H and O–H groups in total. The van der Waals surface area contributed by atoms with Crippen molar-refractivity contribution in [3.63, 3.8) is 0 Å². The summed E-state index contributed by atoms with van der Waals surface area (Å²) in [7, 11) is 0. The second-order valence-corrected chi connectivity index (χ2v) is 5.99. The van der Waals surface area contributed by atoms with Crippen LogP contribution in [-0.4, -0.2) is 31.6 Å². The Morgan fingerprint density at radius 2 is 1.78 bits per heavy atom. The second kappa shape index (κ2) is 11.7. The molecule has 2 aromatic carbocycles. The fourth-order valence-corrected chi connectivity index (χ4v) is 2.36.